The summed E-state index contributed by atoms with van der Waals surface area (Å²) in [6.45, 7) is 3.24. The highest BCUT2D eigenvalue weighted by Crippen LogP contribution is 2.25. The second-order valence-corrected chi connectivity index (χ2v) is 5.31. The minimum Gasteiger partial charge on any atom is -0.395 e. The normalized spacial score (nSPS) is 27.7. The highest BCUT2D eigenvalue weighted by Gasteiger charge is 2.19. The minimum absolute atomic E-state index is 0.207. The van der Waals surface area contributed by atoms with Crippen LogP contribution in [0.5, 0.6) is 0 Å². The van der Waals surface area contributed by atoms with Crippen molar-refractivity contribution in [2.45, 2.75) is 64.0 Å². The van der Waals surface area contributed by atoms with E-state index in [-0.39, 0.29) is 12.6 Å². The molecule has 0 aromatic carbocycles. The van der Waals surface area contributed by atoms with Gasteiger partial charge < -0.3 is 15.2 Å². The summed E-state index contributed by atoms with van der Waals surface area (Å²) < 4.78 is 5.07. The average molecular weight is 243 g/mol. The van der Waals surface area contributed by atoms with E-state index in [0.29, 0.717) is 6.04 Å². The molecule has 0 bridgehead atoms. The Balaban J connectivity index is 2.28. The van der Waals surface area contributed by atoms with Gasteiger partial charge in [0.05, 0.1) is 6.61 Å². The second kappa shape index (κ2) is 8.90. The summed E-state index contributed by atoms with van der Waals surface area (Å²) in [4.78, 5) is 0. The van der Waals surface area contributed by atoms with E-state index < -0.39 is 0 Å². The molecule has 0 spiro atoms. The number of nitrogens with one attached hydrogen (secondary N) is 1. The highest BCUT2D eigenvalue weighted by atomic mass is 16.5. The van der Waals surface area contributed by atoms with E-state index in [4.69, 9.17) is 4.74 Å². The zero-order valence-electron chi connectivity index (χ0n) is 11.5. The van der Waals surface area contributed by atoms with Crippen molar-refractivity contribution in [3.8, 4) is 0 Å². The Bertz CT molecular complexity index is 187. The molecule has 0 aromatic rings. The van der Waals surface area contributed by atoms with Crippen molar-refractivity contribution >= 4 is 0 Å². The summed E-state index contributed by atoms with van der Waals surface area (Å²) in [5.74, 6) is 0.924. The van der Waals surface area contributed by atoms with Gasteiger partial charge >= 0.3 is 0 Å². The summed E-state index contributed by atoms with van der Waals surface area (Å²) in [7, 11) is 1.71. The van der Waals surface area contributed by atoms with Gasteiger partial charge in [0.1, 0.15) is 0 Å². The van der Waals surface area contributed by atoms with Crippen LogP contribution in [0.4, 0.5) is 0 Å². The number of hydrogen-bond donors (Lipinski definition) is 2. The van der Waals surface area contributed by atoms with Crippen molar-refractivity contribution < 1.29 is 9.84 Å². The zero-order valence-corrected chi connectivity index (χ0v) is 11.5. The third kappa shape index (κ3) is 5.84. The molecule has 1 saturated carbocycles. The lowest BCUT2D eigenvalue weighted by Crippen LogP contribution is -2.41. The molecule has 1 rings (SSSR count). The molecule has 0 amide bonds. The van der Waals surface area contributed by atoms with Gasteiger partial charge in [0.2, 0.25) is 0 Å². The molecule has 1 aliphatic rings. The summed E-state index contributed by atoms with van der Waals surface area (Å²) in [5.41, 5.74) is 0. The third-order valence-corrected chi connectivity index (χ3v) is 4.03. The van der Waals surface area contributed by atoms with E-state index in [9.17, 15) is 5.11 Å². The van der Waals surface area contributed by atoms with Crippen molar-refractivity contribution in [1.82, 2.24) is 5.32 Å². The highest BCUT2D eigenvalue weighted by molar-refractivity contribution is 4.78. The fourth-order valence-electron chi connectivity index (χ4n) is 2.77. The summed E-state index contributed by atoms with van der Waals surface area (Å²) in [6, 6.07) is 0.804. The van der Waals surface area contributed by atoms with Crippen molar-refractivity contribution in [1.29, 1.82) is 0 Å². The van der Waals surface area contributed by atoms with Gasteiger partial charge in [-0.05, 0) is 31.6 Å². The van der Waals surface area contributed by atoms with Crippen LogP contribution >= 0.6 is 0 Å². The molecule has 0 radical (unpaired) electrons. The van der Waals surface area contributed by atoms with Gasteiger partial charge in [0, 0.05) is 25.8 Å². The van der Waals surface area contributed by atoms with Crippen LogP contribution in [0.25, 0.3) is 0 Å². The first-order valence-corrected chi connectivity index (χ1v) is 7.16. The lowest BCUT2D eigenvalue weighted by Gasteiger charge is -2.23. The van der Waals surface area contributed by atoms with Crippen LogP contribution < -0.4 is 5.32 Å². The van der Waals surface area contributed by atoms with Crippen molar-refractivity contribution in [2.24, 2.45) is 5.92 Å². The first-order valence-electron chi connectivity index (χ1n) is 7.16. The Morgan fingerprint density at radius 3 is 2.76 bits per heavy atom. The first-order chi connectivity index (χ1) is 8.30. The van der Waals surface area contributed by atoms with Gasteiger partial charge in [0.25, 0.3) is 0 Å². The Kier molecular flexibility index (Phi) is 7.82. The Morgan fingerprint density at radius 1 is 1.29 bits per heavy atom. The van der Waals surface area contributed by atoms with Crippen LogP contribution in [0.15, 0.2) is 0 Å². The van der Waals surface area contributed by atoms with Gasteiger partial charge in [-0.2, -0.15) is 0 Å². The SMILES string of the molecule is CCC1CCCC(NC(CO)CCOC)CC1. The summed E-state index contributed by atoms with van der Waals surface area (Å²) in [6.07, 6.45) is 8.81. The molecule has 1 fully saturated rings. The van der Waals surface area contributed by atoms with Gasteiger partial charge in [-0.25, -0.2) is 0 Å². The molecule has 17 heavy (non-hydrogen) atoms. The molecular formula is C14H29NO2. The lowest BCUT2D eigenvalue weighted by atomic mass is 9.97. The molecule has 3 atom stereocenters. The molecule has 102 valence electrons. The van der Waals surface area contributed by atoms with E-state index in [2.05, 4.69) is 12.2 Å². The average Bonchev–Trinajstić information content (AvgIpc) is 2.59. The lowest BCUT2D eigenvalue weighted by molar-refractivity contribution is 0.153. The molecule has 0 aromatic heterocycles. The van der Waals surface area contributed by atoms with Crippen molar-refractivity contribution in [3.05, 3.63) is 0 Å². The summed E-state index contributed by atoms with van der Waals surface area (Å²) >= 11 is 0. The molecule has 0 heterocycles. The van der Waals surface area contributed by atoms with Gasteiger partial charge in [0.15, 0.2) is 0 Å². The fourth-order valence-corrected chi connectivity index (χ4v) is 2.77. The number of aliphatic hydroxyl groups excluding tert-OH is 1. The number of hydrogen-bond acceptors (Lipinski definition) is 3. The third-order valence-electron chi connectivity index (χ3n) is 4.03. The van der Waals surface area contributed by atoms with Gasteiger partial charge in [-0.15, -0.1) is 0 Å². The quantitative estimate of drug-likeness (QED) is 0.674. The van der Waals surface area contributed by atoms with Crippen LogP contribution in [0.1, 0.15) is 51.9 Å². The van der Waals surface area contributed by atoms with E-state index in [1.807, 2.05) is 0 Å². The van der Waals surface area contributed by atoms with E-state index in [0.717, 1.165) is 18.9 Å². The predicted molar refractivity (Wildman–Crippen MR) is 71.2 cm³/mol. The number of aliphatic hydroxyl groups is 1. The molecule has 3 unspecified atom stereocenters. The monoisotopic (exact) mass is 243 g/mol. The molecule has 0 aliphatic heterocycles. The number of methoxy groups -OCH3 is 1. The maximum absolute atomic E-state index is 9.33. The zero-order chi connectivity index (χ0) is 12.5. The molecule has 2 N–H and O–H groups in total. The maximum Gasteiger partial charge on any atom is 0.0585 e. The van der Waals surface area contributed by atoms with Gasteiger partial charge in [-0.1, -0.05) is 26.2 Å². The smallest absolute Gasteiger partial charge is 0.0585 e. The Morgan fingerprint density at radius 2 is 2.12 bits per heavy atom. The number of rotatable bonds is 7. The van der Waals surface area contributed by atoms with Crippen LogP contribution in [-0.4, -0.2) is 37.5 Å². The van der Waals surface area contributed by atoms with E-state index in [1.165, 1.54) is 38.5 Å². The van der Waals surface area contributed by atoms with E-state index in [1.54, 1.807) is 7.11 Å². The van der Waals surface area contributed by atoms with Crippen molar-refractivity contribution in [2.75, 3.05) is 20.3 Å². The van der Waals surface area contributed by atoms with Crippen LogP contribution in [0.3, 0.4) is 0 Å². The molecule has 3 heteroatoms. The van der Waals surface area contributed by atoms with Gasteiger partial charge in [-0.3, -0.25) is 0 Å². The van der Waals surface area contributed by atoms with Crippen LogP contribution in [0.2, 0.25) is 0 Å². The topological polar surface area (TPSA) is 41.5 Å². The largest absolute Gasteiger partial charge is 0.395 e. The Labute approximate surface area is 106 Å². The standard InChI is InChI=1S/C14H29NO2/c1-3-12-5-4-6-13(8-7-12)15-14(11-16)9-10-17-2/h12-16H,3-11H2,1-2H3. The molecule has 3 nitrogen and oxygen atoms in total. The molecular weight excluding hydrogens is 214 g/mol. The second-order valence-electron chi connectivity index (χ2n) is 5.31. The van der Waals surface area contributed by atoms with Crippen molar-refractivity contribution in [3.63, 3.8) is 0 Å². The predicted octanol–water partition coefficient (Wildman–Crippen LogP) is 2.33. The Hall–Kier alpha value is -0.120. The number of ether oxygens (including phenoxy) is 1. The first kappa shape index (κ1) is 14.9. The molecule has 0 saturated heterocycles. The van der Waals surface area contributed by atoms with Crippen LogP contribution in [0, 0.1) is 5.92 Å². The van der Waals surface area contributed by atoms with E-state index >= 15 is 0 Å². The summed E-state index contributed by atoms with van der Waals surface area (Å²) in [5, 5.41) is 12.9. The minimum atomic E-state index is 0.207. The fraction of sp³-hybridized carbons (Fsp3) is 1.00. The molecule has 1 aliphatic carbocycles. The maximum atomic E-state index is 9.33. The van der Waals surface area contributed by atoms with Crippen LogP contribution in [-0.2, 0) is 4.74 Å².